The van der Waals surface area contributed by atoms with Gasteiger partial charge in [-0.3, -0.25) is 0 Å². The fourth-order valence-corrected chi connectivity index (χ4v) is 1.87. The van der Waals surface area contributed by atoms with Crippen LogP contribution in [0.5, 0.6) is 0 Å². The third-order valence-corrected chi connectivity index (χ3v) is 2.88. The van der Waals surface area contributed by atoms with Crippen LogP contribution in [0.1, 0.15) is 28.8 Å². The molecule has 0 atom stereocenters. The average Bonchev–Trinajstić information content (AvgIpc) is 2.83. The van der Waals surface area contributed by atoms with Crippen LogP contribution in [0.3, 0.4) is 0 Å². The van der Waals surface area contributed by atoms with Crippen molar-refractivity contribution in [3.05, 3.63) is 47.2 Å². The third kappa shape index (κ3) is 3.53. The summed E-state index contributed by atoms with van der Waals surface area (Å²) in [5, 5.41) is 2.88. The Balaban J connectivity index is 2.18. The summed E-state index contributed by atoms with van der Waals surface area (Å²) in [5.74, 6) is 0.328. The van der Waals surface area contributed by atoms with Crippen molar-refractivity contribution in [3.8, 4) is 0 Å². The summed E-state index contributed by atoms with van der Waals surface area (Å²) in [7, 11) is 0. The van der Waals surface area contributed by atoms with E-state index >= 15 is 0 Å². The number of carbonyl (C=O) groups excluding carboxylic acids is 1. The van der Waals surface area contributed by atoms with Gasteiger partial charge >= 0.3 is 5.97 Å². The van der Waals surface area contributed by atoms with Crippen molar-refractivity contribution in [1.82, 2.24) is 0 Å². The Labute approximate surface area is 121 Å². The zero-order chi connectivity index (χ0) is 15.4. The summed E-state index contributed by atoms with van der Waals surface area (Å²) in [6.07, 6.45) is 0. The molecule has 0 amide bonds. The number of esters is 1. The smallest absolute Gasteiger partial charge is 0.340 e. The standard InChI is InChI=1S/C15H17FN2O3/c1-3-20-15(19)11-6-14(12(16)7-13(11)17)18-8-10-5-4-9(2)21-10/h4-7,18H,3,8,17H2,1-2H3. The highest BCUT2D eigenvalue weighted by molar-refractivity contribution is 5.96. The molecule has 2 rings (SSSR count). The molecule has 112 valence electrons. The molecule has 0 aliphatic heterocycles. The van der Waals surface area contributed by atoms with E-state index in [0.29, 0.717) is 12.3 Å². The summed E-state index contributed by atoms with van der Waals surface area (Å²) in [4.78, 5) is 11.7. The predicted molar refractivity (Wildman–Crippen MR) is 77.5 cm³/mol. The maximum absolute atomic E-state index is 13.9. The lowest BCUT2D eigenvalue weighted by atomic mass is 10.1. The Morgan fingerprint density at radius 3 is 2.81 bits per heavy atom. The van der Waals surface area contributed by atoms with Gasteiger partial charge in [0.1, 0.15) is 17.3 Å². The maximum Gasteiger partial charge on any atom is 0.340 e. The number of benzene rings is 1. The van der Waals surface area contributed by atoms with Gasteiger partial charge < -0.3 is 20.2 Å². The van der Waals surface area contributed by atoms with Crippen molar-refractivity contribution in [2.24, 2.45) is 0 Å². The molecule has 6 heteroatoms. The molecule has 0 aliphatic carbocycles. The topological polar surface area (TPSA) is 77.5 Å². The highest BCUT2D eigenvalue weighted by atomic mass is 19.1. The molecule has 1 aromatic heterocycles. The Hall–Kier alpha value is -2.50. The Morgan fingerprint density at radius 2 is 2.19 bits per heavy atom. The lowest BCUT2D eigenvalue weighted by molar-refractivity contribution is 0.0527. The van der Waals surface area contributed by atoms with E-state index in [9.17, 15) is 9.18 Å². The number of halogens is 1. The first-order chi connectivity index (χ1) is 10.0. The minimum Gasteiger partial charge on any atom is -0.465 e. The van der Waals surface area contributed by atoms with Crippen molar-refractivity contribution >= 4 is 17.3 Å². The van der Waals surface area contributed by atoms with Crippen LogP contribution in [0, 0.1) is 12.7 Å². The van der Waals surface area contributed by atoms with Gasteiger partial charge in [0.05, 0.1) is 24.4 Å². The van der Waals surface area contributed by atoms with Gasteiger partial charge in [-0.05, 0) is 38.1 Å². The first kappa shape index (κ1) is 14.9. The molecular formula is C15H17FN2O3. The molecule has 2 aromatic rings. The molecule has 0 aliphatic rings. The summed E-state index contributed by atoms with van der Waals surface area (Å²) in [6.45, 7) is 4.04. The number of hydrogen-bond donors (Lipinski definition) is 2. The van der Waals surface area contributed by atoms with E-state index in [2.05, 4.69) is 5.32 Å². The van der Waals surface area contributed by atoms with Crippen LogP contribution in [0.25, 0.3) is 0 Å². The number of rotatable bonds is 5. The summed E-state index contributed by atoms with van der Waals surface area (Å²) >= 11 is 0. The number of furan rings is 1. The van der Waals surface area contributed by atoms with Crippen LogP contribution in [0.15, 0.2) is 28.7 Å². The predicted octanol–water partition coefficient (Wildman–Crippen LogP) is 3.10. The third-order valence-electron chi connectivity index (χ3n) is 2.88. The highest BCUT2D eigenvalue weighted by Gasteiger charge is 2.15. The minimum absolute atomic E-state index is 0.0466. The summed E-state index contributed by atoms with van der Waals surface area (Å²) in [6, 6.07) is 6.06. The van der Waals surface area contributed by atoms with Gasteiger partial charge in [0.15, 0.2) is 0 Å². The molecule has 1 aromatic carbocycles. The van der Waals surface area contributed by atoms with Gasteiger partial charge in [0, 0.05) is 5.69 Å². The number of nitrogens with one attached hydrogen (secondary N) is 1. The molecule has 0 fully saturated rings. The van der Waals surface area contributed by atoms with Crippen LogP contribution in [-0.2, 0) is 11.3 Å². The second-order valence-electron chi connectivity index (χ2n) is 4.51. The number of anilines is 2. The molecule has 0 radical (unpaired) electrons. The number of nitrogens with two attached hydrogens (primary N) is 1. The lowest BCUT2D eigenvalue weighted by Gasteiger charge is -2.11. The number of aryl methyl sites for hydroxylation is 1. The first-order valence-corrected chi connectivity index (χ1v) is 6.56. The van der Waals surface area contributed by atoms with Gasteiger partial charge in [0.2, 0.25) is 0 Å². The second-order valence-corrected chi connectivity index (χ2v) is 4.51. The van der Waals surface area contributed by atoms with Crippen molar-refractivity contribution < 1.29 is 18.3 Å². The number of carbonyl (C=O) groups is 1. The summed E-state index contributed by atoms with van der Waals surface area (Å²) < 4.78 is 24.1. The van der Waals surface area contributed by atoms with Crippen molar-refractivity contribution in [3.63, 3.8) is 0 Å². The van der Waals surface area contributed by atoms with E-state index in [-0.39, 0.29) is 23.5 Å². The molecule has 3 N–H and O–H groups in total. The van der Waals surface area contributed by atoms with Crippen LogP contribution in [0.2, 0.25) is 0 Å². The highest BCUT2D eigenvalue weighted by Crippen LogP contribution is 2.23. The fourth-order valence-electron chi connectivity index (χ4n) is 1.87. The quantitative estimate of drug-likeness (QED) is 0.654. The number of hydrogen-bond acceptors (Lipinski definition) is 5. The van der Waals surface area contributed by atoms with Gasteiger partial charge in [-0.1, -0.05) is 0 Å². The molecule has 0 spiro atoms. The Bertz CT molecular complexity index is 652. The van der Waals surface area contributed by atoms with Gasteiger partial charge in [-0.25, -0.2) is 9.18 Å². The zero-order valence-corrected chi connectivity index (χ0v) is 11.9. The zero-order valence-electron chi connectivity index (χ0n) is 11.9. The van der Waals surface area contributed by atoms with E-state index in [0.717, 1.165) is 11.8 Å². The minimum atomic E-state index is -0.577. The van der Waals surface area contributed by atoms with E-state index < -0.39 is 11.8 Å². The number of nitrogen functional groups attached to an aromatic ring is 1. The fraction of sp³-hybridized carbons (Fsp3) is 0.267. The molecule has 0 unspecified atom stereocenters. The Morgan fingerprint density at radius 1 is 1.43 bits per heavy atom. The van der Waals surface area contributed by atoms with E-state index in [1.807, 2.05) is 13.0 Å². The molecule has 1 heterocycles. The molecule has 0 saturated heterocycles. The molecule has 0 saturated carbocycles. The van der Waals surface area contributed by atoms with Crippen LogP contribution < -0.4 is 11.1 Å². The van der Waals surface area contributed by atoms with Crippen molar-refractivity contribution in [1.29, 1.82) is 0 Å². The second kappa shape index (κ2) is 6.30. The number of ether oxygens (including phenoxy) is 1. The molecular weight excluding hydrogens is 275 g/mol. The van der Waals surface area contributed by atoms with E-state index in [1.165, 1.54) is 6.07 Å². The van der Waals surface area contributed by atoms with Crippen LogP contribution in [-0.4, -0.2) is 12.6 Å². The SMILES string of the molecule is CCOC(=O)c1cc(NCc2ccc(C)o2)c(F)cc1N. The average molecular weight is 292 g/mol. The summed E-state index contributed by atoms with van der Waals surface area (Å²) in [5.41, 5.74) is 5.99. The normalized spacial score (nSPS) is 10.4. The molecule has 5 nitrogen and oxygen atoms in total. The monoisotopic (exact) mass is 292 g/mol. The van der Waals surface area contributed by atoms with Gasteiger partial charge in [-0.15, -0.1) is 0 Å². The van der Waals surface area contributed by atoms with E-state index in [4.69, 9.17) is 14.9 Å². The van der Waals surface area contributed by atoms with Crippen molar-refractivity contribution in [2.45, 2.75) is 20.4 Å². The maximum atomic E-state index is 13.9. The van der Waals surface area contributed by atoms with Gasteiger partial charge in [0.25, 0.3) is 0 Å². The first-order valence-electron chi connectivity index (χ1n) is 6.56. The van der Waals surface area contributed by atoms with Crippen LogP contribution in [0.4, 0.5) is 15.8 Å². The lowest BCUT2D eigenvalue weighted by Crippen LogP contribution is -2.10. The van der Waals surface area contributed by atoms with Crippen molar-refractivity contribution in [2.75, 3.05) is 17.7 Å². The van der Waals surface area contributed by atoms with E-state index in [1.54, 1.807) is 13.0 Å². The Kier molecular flexibility index (Phi) is 4.47. The molecule has 0 bridgehead atoms. The van der Waals surface area contributed by atoms with Gasteiger partial charge in [-0.2, -0.15) is 0 Å². The molecule has 21 heavy (non-hydrogen) atoms. The van der Waals surface area contributed by atoms with Crippen LogP contribution >= 0.6 is 0 Å². The largest absolute Gasteiger partial charge is 0.465 e.